The van der Waals surface area contributed by atoms with Crippen LogP contribution in [0.25, 0.3) is 0 Å². The summed E-state index contributed by atoms with van der Waals surface area (Å²) in [5.74, 6) is -0.426. The number of pyridine rings is 1. The van der Waals surface area contributed by atoms with Crippen molar-refractivity contribution in [3.63, 3.8) is 0 Å². The molecule has 0 saturated heterocycles. The molecule has 0 amide bonds. The molecule has 0 aliphatic rings. The van der Waals surface area contributed by atoms with Crippen LogP contribution in [-0.2, 0) is 0 Å². The van der Waals surface area contributed by atoms with Gasteiger partial charge >= 0.3 is 0 Å². The fraction of sp³-hybridized carbons (Fsp3) is 0.312. The largest absolute Gasteiger partial charge is 0.633 e. The zero-order valence-corrected chi connectivity index (χ0v) is 14.0. The Morgan fingerprint density at radius 2 is 1.86 bits per heavy atom. The molecule has 22 heavy (non-hydrogen) atoms. The summed E-state index contributed by atoms with van der Waals surface area (Å²) >= 11 is 5.91. The summed E-state index contributed by atoms with van der Waals surface area (Å²) < 4.78 is 42.3. The van der Waals surface area contributed by atoms with E-state index < -0.39 is 31.1 Å². The standard InChI is InChI=1S/C16H19ClN2O.2ClH/c1-19(2,20)12-10-15(16-5-3-4-11-18-16)13-6-8-14(17)9-7-13;;/h3-9,11,15H,10,12H2,1-2H3;2*1H/i1D3,2D3;;. The van der Waals surface area contributed by atoms with Gasteiger partial charge < -0.3 is 9.85 Å². The Bertz CT molecular complexity index is 712. The van der Waals surface area contributed by atoms with Crippen molar-refractivity contribution in [1.29, 1.82) is 0 Å². The molecule has 0 aliphatic heterocycles. The molecule has 1 heterocycles. The lowest BCUT2D eigenvalue weighted by Gasteiger charge is -2.35. The fourth-order valence-corrected chi connectivity index (χ4v) is 2.20. The van der Waals surface area contributed by atoms with Gasteiger partial charge in [-0.1, -0.05) is 29.8 Å². The number of nitrogens with zero attached hydrogens (tertiary/aromatic N) is 2. The minimum absolute atomic E-state index is 0. The van der Waals surface area contributed by atoms with Gasteiger partial charge in [0.25, 0.3) is 0 Å². The van der Waals surface area contributed by atoms with E-state index in [1.807, 2.05) is 0 Å². The van der Waals surface area contributed by atoms with Crippen LogP contribution < -0.4 is 0 Å². The Morgan fingerprint density at radius 3 is 2.41 bits per heavy atom. The number of benzene rings is 1. The third-order valence-electron chi connectivity index (χ3n) is 3.05. The Hall–Kier alpha value is -0.840. The second kappa shape index (κ2) is 9.33. The lowest BCUT2D eigenvalue weighted by atomic mass is 9.92. The number of rotatable bonds is 5. The van der Waals surface area contributed by atoms with Crippen LogP contribution in [0.15, 0.2) is 48.7 Å². The molecule has 6 heteroatoms. The Kier molecular flexibility index (Phi) is 5.33. The molecule has 2 aromatic rings. The zero-order chi connectivity index (χ0) is 19.6. The lowest BCUT2D eigenvalue weighted by molar-refractivity contribution is -0.840. The maximum atomic E-state index is 12.7. The molecule has 2 rings (SSSR count). The van der Waals surface area contributed by atoms with Gasteiger partial charge in [-0.25, -0.2) is 0 Å². The first-order chi connectivity index (χ1) is 12.0. The monoisotopic (exact) mass is 368 g/mol. The Morgan fingerprint density at radius 1 is 1.18 bits per heavy atom. The molecule has 0 spiro atoms. The Balaban J connectivity index is 0.00000364. The minimum atomic E-state index is -3.21. The molecule has 1 atom stereocenters. The van der Waals surface area contributed by atoms with Gasteiger partial charge in [-0.3, -0.25) is 4.98 Å². The van der Waals surface area contributed by atoms with E-state index in [1.54, 1.807) is 48.7 Å². The highest BCUT2D eigenvalue weighted by atomic mass is 35.5. The Labute approximate surface area is 157 Å². The minimum Gasteiger partial charge on any atom is -0.633 e. The molecule has 0 N–H and O–H groups in total. The molecule has 122 valence electrons. The van der Waals surface area contributed by atoms with Crippen LogP contribution in [0.3, 0.4) is 0 Å². The predicted octanol–water partition coefficient (Wildman–Crippen LogP) is 4.67. The lowest BCUT2D eigenvalue weighted by Crippen LogP contribution is -2.34. The molecule has 1 unspecified atom stereocenters. The van der Waals surface area contributed by atoms with E-state index in [1.165, 1.54) is 0 Å². The smallest absolute Gasteiger partial charge is 0.0890 e. The summed E-state index contributed by atoms with van der Waals surface area (Å²) in [7, 11) is 0. The molecule has 1 aromatic heterocycles. The third kappa shape index (κ3) is 6.51. The quantitative estimate of drug-likeness (QED) is 0.567. The molecule has 0 aliphatic carbocycles. The van der Waals surface area contributed by atoms with E-state index in [2.05, 4.69) is 4.98 Å². The highest BCUT2D eigenvalue weighted by Gasteiger charge is 2.18. The summed E-state index contributed by atoms with van der Waals surface area (Å²) in [6.07, 6.45) is 1.60. The van der Waals surface area contributed by atoms with Crippen molar-refractivity contribution in [3.05, 3.63) is 70.1 Å². The average molecular weight is 370 g/mol. The van der Waals surface area contributed by atoms with Crippen molar-refractivity contribution in [2.45, 2.75) is 12.3 Å². The molecule has 0 radical (unpaired) electrons. The topological polar surface area (TPSA) is 36.0 Å². The van der Waals surface area contributed by atoms with E-state index in [4.69, 9.17) is 19.8 Å². The summed E-state index contributed by atoms with van der Waals surface area (Å²) in [6.45, 7) is -7.02. The second-order valence-corrected chi connectivity index (χ2v) is 5.05. The maximum Gasteiger partial charge on any atom is 0.0890 e. The summed E-state index contributed by atoms with van der Waals surface area (Å²) in [6, 6.07) is 12.1. The van der Waals surface area contributed by atoms with Crippen LogP contribution in [0.1, 0.15) is 31.8 Å². The van der Waals surface area contributed by atoms with Crippen LogP contribution in [0.5, 0.6) is 0 Å². The number of hydrogen-bond donors (Lipinski definition) is 0. The number of quaternary nitrogens is 1. The van der Waals surface area contributed by atoms with Gasteiger partial charge in [0.2, 0.25) is 0 Å². The van der Waals surface area contributed by atoms with Gasteiger partial charge in [0, 0.05) is 29.3 Å². The van der Waals surface area contributed by atoms with Gasteiger partial charge in [0.15, 0.2) is 0 Å². The maximum absolute atomic E-state index is 12.7. The van der Waals surface area contributed by atoms with Crippen molar-refractivity contribution in [2.24, 2.45) is 0 Å². The average Bonchev–Trinajstić information content (AvgIpc) is 2.55. The number of hydroxylamine groups is 3. The molecular weight excluding hydrogens is 343 g/mol. The first kappa shape index (κ1) is 12.6. The molecule has 0 fully saturated rings. The first-order valence-corrected chi connectivity index (χ1v) is 6.59. The zero-order valence-electron chi connectivity index (χ0n) is 17.6. The normalized spacial score (nSPS) is 17.2. The van der Waals surface area contributed by atoms with Crippen LogP contribution in [0.4, 0.5) is 0 Å². The highest BCUT2D eigenvalue weighted by Crippen LogP contribution is 2.28. The molecular formula is C16H21Cl3N2O. The van der Waals surface area contributed by atoms with Crippen LogP contribution in [0, 0.1) is 5.21 Å². The number of aromatic nitrogens is 1. The molecule has 0 bridgehead atoms. The number of hydrogen-bond acceptors (Lipinski definition) is 2. The van der Waals surface area contributed by atoms with Crippen molar-refractivity contribution in [2.75, 3.05) is 20.5 Å². The van der Waals surface area contributed by atoms with Gasteiger partial charge in [0.1, 0.15) is 0 Å². The second-order valence-electron chi connectivity index (χ2n) is 4.61. The fourth-order valence-electron chi connectivity index (χ4n) is 2.07. The van der Waals surface area contributed by atoms with Crippen molar-refractivity contribution in [1.82, 2.24) is 4.98 Å². The van der Waals surface area contributed by atoms with Gasteiger partial charge in [-0.2, -0.15) is 0 Å². The molecule has 3 nitrogen and oxygen atoms in total. The van der Waals surface area contributed by atoms with Gasteiger partial charge in [-0.05, 0) is 29.8 Å². The van der Waals surface area contributed by atoms with Gasteiger partial charge in [-0.15, -0.1) is 24.8 Å². The van der Waals surface area contributed by atoms with E-state index in [-0.39, 0.29) is 31.2 Å². The summed E-state index contributed by atoms with van der Waals surface area (Å²) in [4.78, 5) is 4.28. The van der Waals surface area contributed by atoms with E-state index in [9.17, 15) is 5.21 Å². The van der Waals surface area contributed by atoms with E-state index >= 15 is 0 Å². The third-order valence-corrected chi connectivity index (χ3v) is 3.30. The summed E-state index contributed by atoms with van der Waals surface area (Å²) in [5.41, 5.74) is 1.40. The van der Waals surface area contributed by atoms with E-state index in [0.29, 0.717) is 10.7 Å². The van der Waals surface area contributed by atoms with Crippen LogP contribution in [-0.4, -0.2) is 30.1 Å². The predicted molar refractivity (Wildman–Crippen MR) is 97.0 cm³/mol. The van der Waals surface area contributed by atoms with Crippen molar-refractivity contribution in [3.8, 4) is 0 Å². The highest BCUT2D eigenvalue weighted by molar-refractivity contribution is 6.30. The first-order valence-electron chi connectivity index (χ1n) is 9.21. The SMILES string of the molecule is Cl.Cl.[2H]C([2H])([2H])[N+]([O-])(CCC(c1ccc(Cl)cc1)c1ccccn1)C([2H])([2H])[2H]. The van der Waals surface area contributed by atoms with Crippen molar-refractivity contribution >= 4 is 36.4 Å². The van der Waals surface area contributed by atoms with Crippen molar-refractivity contribution < 1.29 is 12.9 Å². The van der Waals surface area contributed by atoms with Crippen LogP contribution >= 0.6 is 36.4 Å². The van der Waals surface area contributed by atoms with E-state index in [0.717, 1.165) is 5.56 Å². The van der Waals surface area contributed by atoms with Gasteiger partial charge in [0.05, 0.1) is 28.7 Å². The van der Waals surface area contributed by atoms with Crippen LogP contribution in [0.2, 0.25) is 5.02 Å². The molecule has 1 aromatic carbocycles. The number of halogens is 3. The summed E-state index contributed by atoms with van der Waals surface area (Å²) in [5, 5.41) is 13.3. The molecule has 0 saturated carbocycles.